The Morgan fingerprint density at radius 3 is 2.56 bits per heavy atom. The summed E-state index contributed by atoms with van der Waals surface area (Å²) in [5.74, 6) is 0.664. The van der Waals surface area contributed by atoms with Crippen LogP contribution in [0.1, 0.15) is 24.8 Å². The van der Waals surface area contributed by atoms with Crippen LogP contribution in [0, 0.1) is 0 Å². The lowest BCUT2D eigenvalue weighted by Crippen LogP contribution is -2.08. The molecule has 0 spiro atoms. The molecule has 0 aliphatic rings. The summed E-state index contributed by atoms with van der Waals surface area (Å²) in [6.45, 7) is 0.881. The van der Waals surface area contributed by atoms with Gasteiger partial charge in [-0.1, -0.05) is 28.9 Å². The van der Waals surface area contributed by atoms with E-state index in [1.807, 2.05) is 24.3 Å². The van der Waals surface area contributed by atoms with Crippen LogP contribution in [0.4, 0.5) is 0 Å². The molecular weight excluding hydrogens is 271 g/mol. The van der Waals surface area contributed by atoms with Crippen molar-refractivity contribution < 1.29 is 4.84 Å². The number of hydrogen-bond donors (Lipinski definition) is 1. The fraction of sp³-hybridized carbons (Fsp3) is 0.462. The second-order valence-electron chi connectivity index (χ2n) is 3.81. The fourth-order valence-electron chi connectivity index (χ4n) is 1.45. The number of oxime groups is 1. The molecule has 0 fully saturated rings. The van der Waals surface area contributed by atoms with E-state index in [1.54, 1.807) is 0 Å². The lowest BCUT2D eigenvalue weighted by atomic mass is 10.1. The number of benzene rings is 1. The third-order valence-corrected chi connectivity index (χ3v) is 2.88. The highest BCUT2D eigenvalue weighted by molar-refractivity contribution is 6.30. The van der Waals surface area contributed by atoms with Gasteiger partial charge in [-0.05, 0) is 37.0 Å². The third kappa shape index (κ3) is 5.71. The molecule has 2 N–H and O–H groups in total. The molecule has 3 nitrogen and oxygen atoms in total. The molecule has 5 heteroatoms. The van der Waals surface area contributed by atoms with Crippen molar-refractivity contribution in [2.45, 2.75) is 19.3 Å². The van der Waals surface area contributed by atoms with Gasteiger partial charge in [0.2, 0.25) is 0 Å². The van der Waals surface area contributed by atoms with Crippen LogP contribution in [0.2, 0.25) is 5.02 Å². The van der Waals surface area contributed by atoms with Crippen LogP contribution in [-0.4, -0.2) is 24.7 Å². The first kappa shape index (κ1) is 15.3. The van der Waals surface area contributed by atoms with Crippen molar-refractivity contribution in [3.8, 4) is 0 Å². The molecule has 0 unspecified atom stereocenters. The molecule has 0 heterocycles. The monoisotopic (exact) mass is 288 g/mol. The van der Waals surface area contributed by atoms with E-state index in [-0.39, 0.29) is 0 Å². The minimum atomic E-state index is 0.423. The maximum absolute atomic E-state index is 5.86. The van der Waals surface area contributed by atoms with Gasteiger partial charge in [-0.25, -0.2) is 0 Å². The van der Waals surface area contributed by atoms with Crippen molar-refractivity contribution in [3.63, 3.8) is 0 Å². The second kappa shape index (κ2) is 9.20. The highest BCUT2D eigenvalue weighted by atomic mass is 35.5. The zero-order valence-electron chi connectivity index (χ0n) is 10.2. The summed E-state index contributed by atoms with van der Waals surface area (Å²) in [4.78, 5) is 5.16. The molecule has 0 saturated heterocycles. The number of alkyl halides is 1. The quantitative estimate of drug-likeness (QED) is 0.345. The number of unbranched alkanes of at least 4 members (excludes halogenated alkanes) is 1. The molecule has 1 aromatic carbocycles. The first-order chi connectivity index (χ1) is 8.77. The van der Waals surface area contributed by atoms with E-state index in [9.17, 15) is 0 Å². The SMILES string of the molecule is NCCON=C(CCCCCl)c1ccc(Cl)cc1. The fourth-order valence-corrected chi connectivity index (χ4v) is 1.76. The average molecular weight is 289 g/mol. The molecule has 0 aromatic heterocycles. The lowest BCUT2D eigenvalue weighted by Gasteiger charge is -2.06. The second-order valence-corrected chi connectivity index (χ2v) is 4.63. The minimum Gasteiger partial charge on any atom is -0.394 e. The van der Waals surface area contributed by atoms with Crippen molar-refractivity contribution in [1.29, 1.82) is 0 Å². The summed E-state index contributed by atoms with van der Waals surface area (Å²) >= 11 is 11.5. The van der Waals surface area contributed by atoms with E-state index >= 15 is 0 Å². The first-order valence-electron chi connectivity index (χ1n) is 5.98. The van der Waals surface area contributed by atoms with E-state index in [0.717, 1.165) is 30.5 Å². The summed E-state index contributed by atoms with van der Waals surface area (Å²) in [5, 5.41) is 4.85. The van der Waals surface area contributed by atoms with Crippen molar-refractivity contribution in [3.05, 3.63) is 34.9 Å². The predicted octanol–water partition coefficient (Wildman–Crippen LogP) is 3.43. The molecule has 0 aliphatic heterocycles. The third-order valence-electron chi connectivity index (χ3n) is 2.36. The summed E-state index contributed by atoms with van der Waals surface area (Å²) in [6, 6.07) is 7.56. The van der Waals surface area contributed by atoms with Gasteiger partial charge in [0.15, 0.2) is 0 Å². The molecule has 0 aliphatic carbocycles. The molecule has 100 valence electrons. The van der Waals surface area contributed by atoms with Crippen LogP contribution < -0.4 is 5.73 Å². The lowest BCUT2D eigenvalue weighted by molar-refractivity contribution is 0.152. The highest BCUT2D eigenvalue weighted by Crippen LogP contribution is 2.13. The van der Waals surface area contributed by atoms with Crippen molar-refractivity contribution in [2.75, 3.05) is 19.0 Å². The highest BCUT2D eigenvalue weighted by Gasteiger charge is 2.04. The summed E-state index contributed by atoms with van der Waals surface area (Å²) in [7, 11) is 0. The van der Waals surface area contributed by atoms with Crippen molar-refractivity contribution in [2.24, 2.45) is 10.9 Å². The average Bonchev–Trinajstić information content (AvgIpc) is 2.38. The Morgan fingerprint density at radius 1 is 1.22 bits per heavy atom. The minimum absolute atomic E-state index is 0.423. The standard InChI is InChI=1S/C13H18Cl2N2O/c14-8-2-1-3-13(17-18-10-9-16)11-4-6-12(15)7-5-11/h4-7H,1-3,8-10,16H2. The summed E-state index contributed by atoms with van der Waals surface area (Å²) < 4.78 is 0. The van der Waals surface area contributed by atoms with E-state index < -0.39 is 0 Å². The van der Waals surface area contributed by atoms with E-state index in [1.165, 1.54) is 0 Å². The zero-order chi connectivity index (χ0) is 13.2. The number of nitrogens with two attached hydrogens (primary N) is 1. The Kier molecular flexibility index (Phi) is 7.81. The number of rotatable bonds is 8. The topological polar surface area (TPSA) is 47.6 Å². The smallest absolute Gasteiger partial charge is 0.129 e. The molecule has 1 aromatic rings. The van der Waals surface area contributed by atoms with Crippen LogP contribution >= 0.6 is 23.2 Å². The van der Waals surface area contributed by atoms with Gasteiger partial charge < -0.3 is 10.6 Å². The summed E-state index contributed by atoms with van der Waals surface area (Å²) in [5.41, 5.74) is 7.29. The predicted molar refractivity (Wildman–Crippen MR) is 77.6 cm³/mol. The number of hydrogen-bond acceptors (Lipinski definition) is 3. The molecule has 0 bridgehead atoms. The zero-order valence-corrected chi connectivity index (χ0v) is 11.8. The molecule has 0 radical (unpaired) electrons. The maximum atomic E-state index is 5.86. The Morgan fingerprint density at radius 2 is 1.94 bits per heavy atom. The van der Waals surface area contributed by atoms with Crippen LogP contribution in [0.3, 0.4) is 0 Å². The van der Waals surface area contributed by atoms with Gasteiger partial charge >= 0.3 is 0 Å². The van der Waals surface area contributed by atoms with Gasteiger partial charge in [0.25, 0.3) is 0 Å². The summed E-state index contributed by atoms with van der Waals surface area (Å²) in [6.07, 6.45) is 2.78. The molecule has 0 amide bonds. The van der Waals surface area contributed by atoms with Crippen LogP contribution in [0.5, 0.6) is 0 Å². The Labute approximate surface area is 118 Å². The molecule has 18 heavy (non-hydrogen) atoms. The van der Waals surface area contributed by atoms with Gasteiger partial charge in [-0.15, -0.1) is 11.6 Å². The van der Waals surface area contributed by atoms with Gasteiger partial charge in [0, 0.05) is 17.4 Å². The first-order valence-corrected chi connectivity index (χ1v) is 6.90. The Hall–Kier alpha value is -0.770. The van der Waals surface area contributed by atoms with E-state index in [0.29, 0.717) is 24.1 Å². The van der Waals surface area contributed by atoms with Crippen molar-refractivity contribution >= 4 is 28.9 Å². The Balaban J connectivity index is 2.69. The van der Waals surface area contributed by atoms with Crippen LogP contribution in [-0.2, 0) is 4.84 Å². The molecule has 0 atom stereocenters. The van der Waals surface area contributed by atoms with Crippen LogP contribution in [0.25, 0.3) is 0 Å². The molecule has 0 saturated carbocycles. The van der Waals surface area contributed by atoms with Gasteiger partial charge in [0.05, 0.1) is 5.71 Å². The molecule has 1 rings (SSSR count). The number of nitrogens with zero attached hydrogens (tertiary/aromatic N) is 1. The largest absolute Gasteiger partial charge is 0.394 e. The maximum Gasteiger partial charge on any atom is 0.129 e. The normalized spacial score (nSPS) is 11.6. The number of halogens is 2. The van der Waals surface area contributed by atoms with Gasteiger partial charge in [-0.3, -0.25) is 0 Å². The van der Waals surface area contributed by atoms with Crippen molar-refractivity contribution in [1.82, 2.24) is 0 Å². The Bertz CT molecular complexity index is 366. The van der Waals surface area contributed by atoms with Gasteiger partial charge in [-0.2, -0.15) is 0 Å². The van der Waals surface area contributed by atoms with Gasteiger partial charge in [0.1, 0.15) is 6.61 Å². The van der Waals surface area contributed by atoms with Crippen LogP contribution in [0.15, 0.2) is 29.4 Å². The van der Waals surface area contributed by atoms with E-state index in [2.05, 4.69) is 5.16 Å². The van der Waals surface area contributed by atoms with E-state index in [4.69, 9.17) is 33.8 Å². The molecular formula is C13H18Cl2N2O.